The second-order valence-corrected chi connectivity index (χ2v) is 9.78. The molecule has 5 rings (SSSR count). The number of rotatable bonds is 1. The minimum absolute atomic E-state index is 0.0613. The summed E-state index contributed by atoms with van der Waals surface area (Å²) in [4.78, 5) is 28.7. The van der Waals surface area contributed by atoms with E-state index in [0.29, 0.717) is 56.9 Å². The first-order valence-electron chi connectivity index (χ1n) is 12.6. The molecule has 5 atom stereocenters. The number of aliphatic hydroxyl groups is 1. The van der Waals surface area contributed by atoms with Crippen molar-refractivity contribution < 1.29 is 28.9 Å². The highest BCUT2D eigenvalue weighted by Crippen LogP contribution is 2.28. The topological polar surface area (TPSA) is 109 Å². The van der Waals surface area contributed by atoms with Crippen LogP contribution in [0.3, 0.4) is 0 Å². The lowest BCUT2D eigenvalue weighted by Gasteiger charge is -2.36. The zero-order valence-corrected chi connectivity index (χ0v) is 19.5. The molecule has 0 spiro atoms. The molecule has 1 aromatic carbocycles. The molecule has 0 saturated carbocycles. The average molecular weight is 474 g/mol. The van der Waals surface area contributed by atoms with Crippen LogP contribution in [0, 0.1) is 0 Å². The van der Waals surface area contributed by atoms with Crippen molar-refractivity contribution in [1.29, 1.82) is 0 Å². The molecule has 1 aromatic rings. The summed E-state index contributed by atoms with van der Waals surface area (Å²) in [7, 11) is 0. The van der Waals surface area contributed by atoms with E-state index in [-0.39, 0.29) is 42.6 Å². The molecule has 0 unspecified atom stereocenters. The highest BCUT2D eigenvalue weighted by molar-refractivity contribution is 5.97. The zero-order valence-electron chi connectivity index (χ0n) is 19.5. The largest absolute Gasteiger partial charge is 0.493 e. The fourth-order valence-electron chi connectivity index (χ4n) is 5.65. The van der Waals surface area contributed by atoms with Crippen LogP contribution in [0.25, 0.3) is 0 Å². The number of nitrogens with zero attached hydrogens (tertiary/aromatic N) is 1. The van der Waals surface area contributed by atoms with Gasteiger partial charge in [-0.05, 0) is 44.2 Å². The molecule has 4 aliphatic rings. The Balaban J connectivity index is 1.39. The summed E-state index contributed by atoms with van der Waals surface area (Å²) in [5.74, 6) is 0.294. The number of hydrogen-bond donors (Lipinski definition) is 3. The Bertz CT molecular complexity index is 876. The molecule has 9 nitrogen and oxygen atoms in total. The minimum Gasteiger partial charge on any atom is -0.493 e. The summed E-state index contributed by atoms with van der Waals surface area (Å²) in [6.45, 7) is 2.66. The van der Waals surface area contributed by atoms with Crippen LogP contribution in [0.5, 0.6) is 5.75 Å². The number of likely N-dealkylation sites (tertiary alicyclic amines) is 1. The number of para-hydroxylation sites is 1. The van der Waals surface area contributed by atoms with Gasteiger partial charge < -0.3 is 30.0 Å². The van der Waals surface area contributed by atoms with Gasteiger partial charge in [0.15, 0.2) is 0 Å². The third kappa shape index (κ3) is 5.22. The summed E-state index contributed by atoms with van der Waals surface area (Å²) in [5.41, 5.74) is 0.498. The van der Waals surface area contributed by atoms with Crippen LogP contribution in [0.15, 0.2) is 24.3 Å². The number of fused-ring (bicyclic) bond motifs is 5. The van der Waals surface area contributed by atoms with Crippen LogP contribution in [0.1, 0.15) is 48.9 Å². The first-order chi connectivity index (χ1) is 16.6. The second kappa shape index (κ2) is 10.6. The first-order valence-corrected chi connectivity index (χ1v) is 12.6. The molecule has 34 heavy (non-hydrogen) atoms. The number of carbonyl (C=O) groups excluding carboxylic acids is 2. The molecule has 0 aliphatic carbocycles. The van der Waals surface area contributed by atoms with Gasteiger partial charge in [0.25, 0.3) is 5.91 Å². The van der Waals surface area contributed by atoms with Gasteiger partial charge in [0.1, 0.15) is 11.9 Å². The van der Waals surface area contributed by atoms with Crippen LogP contribution in [-0.2, 0) is 14.3 Å². The highest BCUT2D eigenvalue weighted by Gasteiger charge is 2.42. The fraction of sp³-hybridized carbons (Fsp3) is 0.680. The van der Waals surface area contributed by atoms with Gasteiger partial charge in [0.05, 0.1) is 30.4 Å². The smallest absolute Gasteiger partial charge is 0.255 e. The van der Waals surface area contributed by atoms with Gasteiger partial charge in [-0.15, -0.1) is 0 Å². The number of amides is 2. The van der Waals surface area contributed by atoms with E-state index in [9.17, 15) is 14.7 Å². The van der Waals surface area contributed by atoms with Gasteiger partial charge in [-0.1, -0.05) is 12.1 Å². The fourth-order valence-corrected chi connectivity index (χ4v) is 5.65. The summed E-state index contributed by atoms with van der Waals surface area (Å²) < 4.78 is 17.6. The van der Waals surface area contributed by atoms with E-state index in [2.05, 4.69) is 15.5 Å². The Morgan fingerprint density at radius 1 is 1.00 bits per heavy atom. The van der Waals surface area contributed by atoms with Crippen molar-refractivity contribution in [2.45, 2.75) is 75.0 Å². The number of hydrogen-bond acceptors (Lipinski definition) is 7. The van der Waals surface area contributed by atoms with Crippen molar-refractivity contribution in [3.63, 3.8) is 0 Å². The Morgan fingerprint density at radius 3 is 2.68 bits per heavy atom. The molecule has 4 bridgehead atoms. The van der Waals surface area contributed by atoms with Crippen LogP contribution in [0.4, 0.5) is 0 Å². The SMILES string of the molecule is O=C1N[C@H]2C[C@@H](C(=O)NC[C@H]3O[C@H](CCOc4ccccc41)CC[C@@H]3O)N(C1CCOCC1)C2. The lowest BCUT2D eigenvalue weighted by atomic mass is 9.99. The van der Waals surface area contributed by atoms with Gasteiger partial charge >= 0.3 is 0 Å². The molecule has 186 valence electrons. The van der Waals surface area contributed by atoms with Crippen LogP contribution < -0.4 is 15.4 Å². The maximum Gasteiger partial charge on any atom is 0.255 e. The number of carbonyl (C=O) groups is 2. The number of aliphatic hydroxyl groups excluding tert-OH is 1. The van der Waals surface area contributed by atoms with Crippen molar-refractivity contribution >= 4 is 11.8 Å². The lowest BCUT2D eigenvalue weighted by Crippen LogP contribution is -2.52. The molecule has 3 N–H and O–H groups in total. The van der Waals surface area contributed by atoms with Gasteiger partial charge in [0.2, 0.25) is 5.91 Å². The molecule has 2 amide bonds. The Morgan fingerprint density at radius 2 is 1.82 bits per heavy atom. The molecule has 3 fully saturated rings. The average Bonchev–Trinajstić information content (AvgIpc) is 3.28. The third-order valence-electron chi connectivity index (χ3n) is 7.52. The summed E-state index contributed by atoms with van der Waals surface area (Å²) in [6.07, 6.45) is 3.19. The first kappa shape index (κ1) is 23.5. The Kier molecular flexibility index (Phi) is 7.34. The van der Waals surface area contributed by atoms with E-state index in [1.54, 1.807) is 6.07 Å². The van der Waals surface area contributed by atoms with Gasteiger partial charge in [-0.25, -0.2) is 0 Å². The molecule has 9 heteroatoms. The molecular formula is C25H35N3O6. The lowest BCUT2D eigenvalue weighted by molar-refractivity contribution is -0.134. The van der Waals surface area contributed by atoms with E-state index < -0.39 is 12.2 Å². The van der Waals surface area contributed by atoms with Crippen molar-refractivity contribution in [3.05, 3.63) is 29.8 Å². The van der Waals surface area contributed by atoms with Crippen molar-refractivity contribution in [2.24, 2.45) is 0 Å². The Labute approximate surface area is 200 Å². The molecule has 0 radical (unpaired) electrons. The molecule has 0 aromatic heterocycles. The number of benzene rings is 1. The van der Waals surface area contributed by atoms with E-state index >= 15 is 0 Å². The maximum absolute atomic E-state index is 13.3. The zero-order chi connectivity index (χ0) is 23.5. The maximum atomic E-state index is 13.3. The summed E-state index contributed by atoms with van der Waals surface area (Å²) in [6, 6.07) is 7.02. The minimum atomic E-state index is -0.598. The standard InChI is InChI=1S/C25H35N3O6/c29-21-6-5-18-9-12-33-22-4-2-1-3-19(22)24(30)27-16-13-20(25(31)26-14-23(21)34-18)28(15-16)17-7-10-32-11-8-17/h1-4,16-18,20-21,23,29H,5-15H2,(H,26,31)(H,27,30)/t16-,18-,20-,21-,23+/m0/s1. The van der Waals surface area contributed by atoms with Crippen LogP contribution in [0.2, 0.25) is 0 Å². The molecule has 3 saturated heterocycles. The highest BCUT2D eigenvalue weighted by atomic mass is 16.5. The third-order valence-corrected chi connectivity index (χ3v) is 7.52. The van der Waals surface area contributed by atoms with Crippen LogP contribution in [-0.4, -0.2) is 91.2 Å². The van der Waals surface area contributed by atoms with Gasteiger partial charge in [0, 0.05) is 44.8 Å². The predicted octanol–water partition coefficient (Wildman–Crippen LogP) is 0.846. The molecule has 4 heterocycles. The number of ether oxygens (including phenoxy) is 3. The number of nitrogens with one attached hydrogen (secondary N) is 2. The van der Waals surface area contributed by atoms with Crippen LogP contribution >= 0.6 is 0 Å². The van der Waals surface area contributed by atoms with E-state index in [1.165, 1.54) is 0 Å². The Hall–Kier alpha value is -2.20. The normalized spacial score (nSPS) is 34.0. The molecular weight excluding hydrogens is 438 g/mol. The van der Waals surface area contributed by atoms with E-state index in [1.807, 2.05) is 18.2 Å². The monoisotopic (exact) mass is 473 g/mol. The predicted molar refractivity (Wildman–Crippen MR) is 124 cm³/mol. The van der Waals surface area contributed by atoms with Gasteiger partial charge in [-0.2, -0.15) is 0 Å². The quantitative estimate of drug-likeness (QED) is 0.555. The van der Waals surface area contributed by atoms with Crippen molar-refractivity contribution in [3.8, 4) is 5.75 Å². The van der Waals surface area contributed by atoms with Crippen molar-refractivity contribution in [1.82, 2.24) is 15.5 Å². The van der Waals surface area contributed by atoms with E-state index in [0.717, 1.165) is 19.3 Å². The molecule has 4 aliphatic heterocycles. The van der Waals surface area contributed by atoms with Crippen molar-refractivity contribution in [2.75, 3.05) is 32.9 Å². The van der Waals surface area contributed by atoms with E-state index in [4.69, 9.17) is 14.2 Å². The summed E-state index contributed by atoms with van der Waals surface area (Å²) in [5, 5.41) is 16.6. The summed E-state index contributed by atoms with van der Waals surface area (Å²) >= 11 is 0. The van der Waals surface area contributed by atoms with Gasteiger partial charge in [-0.3, -0.25) is 14.5 Å². The second-order valence-electron chi connectivity index (χ2n) is 9.78.